The van der Waals surface area contributed by atoms with Gasteiger partial charge in [0.05, 0.1) is 5.92 Å². The zero-order chi connectivity index (χ0) is 18.0. The summed E-state index contributed by atoms with van der Waals surface area (Å²) in [6.07, 6.45) is 4.57. The third-order valence-electron chi connectivity index (χ3n) is 5.10. The third-order valence-corrected chi connectivity index (χ3v) is 5.10. The summed E-state index contributed by atoms with van der Waals surface area (Å²) in [7, 11) is 0. The number of benzene rings is 1. The molecule has 0 aliphatic heterocycles. The Kier molecular flexibility index (Phi) is 4.90. The molecule has 1 amide bonds. The zero-order valence-electron chi connectivity index (χ0n) is 15.1. The standard InChI is InChI=1S/C19H26N4O2/c1-4-16-22-18(25-23-16)13-9-8-12(2)15(11-13)21-17(24)14-7-5-6-10-19(14,3)20/h8-9,11,14H,4-7,10,20H2,1-3H3,(H,21,24). The second-order valence-corrected chi connectivity index (χ2v) is 7.19. The monoisotopic (exact) mass is 342 g/mol. The van der Waals surface area contributed by atoms with Crippen LogP contribution in [0.4, 0.5) is 5.69 Å². The number of hydrogen-bond acceptors (Lipinski definition) is 5. The summed E-state index contributed by atoms with van der Waals surface area (Å²) in [5, 5.41) is 6.98. The second-order valence-electron chi connectivity index (χ2n) is 7.19. The van der Waals surface area contributed by atoms with E-state index in [0.717, 1.165) is 48.9 Å². The number of nitrogens with zero attached hydrogens (tertiary/aromatic N) is 2. The first-order valence-corrected chi connectivity index (χ1v) is 8.94. The Bertz CT molecular complexity index is 767. The number of hydrogen-bond donors (Lipinski definition) is 2. The largest absolute Gasteiger partial charge is 0.334 e. The molecule has 25 heavy (non-hydrogen) atoms. The molecule has 1 heterocycles. The van der Waals surface area contributed by atoms with E-state index in [1.54, 1.807) is 0 Å². The van der Waals surface area contributed by atoms with E-state index in [1.165, 1.54) is 0 Å². The Morgan fingerprint density at radius 1 is 1.44 bits per heavy atom. The number of carbonyl (C=O) groups excluding carboxylic acids is 1. The number of aryl methyl sites for hydroxylation is 2. The summed E-state index contributed by atoms with van der Waals surface area (Å²) in [6, 6.07) is 5.76. The zero-order valence-corrected chi connectivity index (χ0v) is 15.1. The summed E-state index contributed by atoms with van der Waals surface area (Å²) in [5.41, 5.74) is 8.46. The molecule has 6 nitrogen and oxygen atoms in total. The van der Waals surface area contributed by atoms with Crippen molar-refractivity contribution in [3.8, 4) is 11.5 Å². The Morgan fingerprint density at radius 3 is 2.92 bits per heavy atom. The van der Waals surface area contributed by atoms with Gasteiger partial charge >= 0.3 is 0 Å². The maximum atomic E-state index is 12.8. The van der Waals surface area contributed by atoms with Crippen molar-refractivity contribution < 1.29 is 9.32 Å². The third kappa shape index (κ3) is 3.74. The fraction of sp³-hybridized carbons (Fsp3) is 0.526. The summed E-state index contributed by atoms with van der Waals surface area (Å²) in [5.74, 6) is 0.958. The lowest BCUT2D eigenvalue weighted by Crippen LogP contribution is -2.51. The molecule has 1 aliphatic carbocycles. The van der Waals surface area contributed by atoms with E-state index in [9.17, 15) is 4.79 Å². The molecule has 2 unspecified atom stereocenters. The molecule has 6 heteroatoms. The molecule has 2 aromatic rings. The smallest absolute Gasteiger partial charge is 0.257 e. The van der Waals surface area contributed by atoms with Crippen LogP contribution in [0.3, 0.4) is 0 Å². The summed E-state index contributed by atoms with van der Waals surface area (Å²) >= 11 is 0. The van der Waals surface area contributed by atoms with Crippen molar-refractivity contribution in [3.63, 3.8) is 0 Å². The number of rotatable bonds is 4. The molecule has 3 N–H and O–H groups in total. The minimum Gasteiger partial charge on any atom is -0.334 e. The fourth-order valence-electron chi connectivity index (χ4n) is 3.41. The van der Waals surface area contributed by atoms with Crippen molar-refractivity contribution in [2.24, 2.45) is 11.7 Å². The molecule has 3 rings (SSSR count). The molecule has 134 valence electrons. The molecule has 0 saturated heterocycles. The predicted molar refractivity (Wildman–Crippen MR) is 97.0 cm³/mol. The van der Waals surface area contributed by atoms with Gasteiger partial charge < -0.3 is 15.6 Å². The van der Waals surface area contributed by atoms with Crippen LogP contribution in [-0.2, 0) is 11.2 Å². The summed E-state index contributed by atoms with van der Waals surface area (Å²) < 4.78 is 5.30. The Labute approximate surface area is 148 Å². The van der Waals surface area contributed by atoms with Gasteiger partial charge in [0.1, 0.15) is 0 Å². The second kappa shape index (κ2) is 6.96. The van der Waals surface area contributed by atoms with Crippen molar-refractivity contribution in [2.45, 2.75) is 58.4 Å². The molecule has 2 atom stereocenters. The van der Waals surface area contributed by atoms with Crippen LogP contribution in [0.5, 0.6) is 0 Å². The lowest BCUT2D eigenvalue weighted by atomic mass is 9.74. The number of anilines is 1. The van der Waals surface area contributed by atoms with E-state index in [-0.39, 0.29) is 11.8 Å². The molecule has 1 aromatic carbocycles. The van der Waals surface area contributed by atoms with Gasteiger partial charge in [0.25, 0.3) is 5.89 Å². The van der Waals surface area contributed by atoms with Crippen LogP contribution in [-0.4, -0.2) is 21.6 Å². The van der Waals surface area contributed by atoms with Crippen molar-refractivity contribution >= 4 is 11.6 Å². The number of nitrogens with one attached hydrogen (secondary N) is 1. The highest BCUT2D eigenvalue weighted by Gasteiger charge is 2.37. The number of carbonyl (C=O) groups is 1. The van der Waals surface area contributed by atoms with Gasteiger partial charge in [-0.25, -0.2) is 0 Å². The van der Waals surface area contributed by atoms with Crippen LogP contribution in [0.15, 0.2) is 22.7 Å². The molecule has 1 fully saturated rings. The SMILES string of the molecule is CCc1noc(-c2ccc(C)c(NC(=O)C3CCCCC3(C)N)c2)n1. The first-order valence-electron chi connectivity index (χ1n) is 8.94. The van der Waals surface area contributed by atoms with Gasteiger partial charge in [0.2, 0.25) is 5.91 Å². The van der Waals surface area contributed by atoms with Crippen LogP contribution >= 0.6 is 0 Å². The highest BCUT2D eigenvalue weighted by atomic mass is 16.5. The topological polar surface area (TPSA) is 94.0 Å². The minimum atomic E-state index is -0.448. The van der Waals surface area contributed by atoms with Crippen LogP contribution < -0.4 is 11.1 Å². The number of aromatic nitrogens is 2. The quantitative estimate of drug-likeness (QED) is 0.887. The molecular weight excluding hydrogens is 316 g/mol. The first-order chi connectivity index (χ1) is 11.9. The van der Waals surface area contributed by atoms with Crippen molar-refractivity contribution in [1.29, 1.82) is 0 Å². The molecule has 1 aliphatic rings. The van der Waals surface area contributed by atoms with E-state index in [0.29, 0.717) is 11.7 Å². The summed E-state index contributed by atoms with van der Waals surface area (Å²) in [4.78, 5) is 17.1. The molecule has 1 saturated carbocycles. The van der Waals surface area contributed by atoms with Gasteiger partial charge in [-0.2, -0.15) is 4.98 Å². The van der Waals surface area contributed by atoms with Gasteiger partial charge in [-0.3, -0.25) is 4.79 Å². The molecule has 1 aromatic heterocycles. The first kappa shape index (κ1) is 17.6. The van der Waals surface area contributed by atoms with Gasteiger partial charge in [-0.1, -0.05) is 31.0 Å². The average molecular weight is 342 g/mol. The van der Waals surface area contributed by atoms with Crippen LogP contribution in [0.1, 0.15) is 50.9 Å². The fourth-order valence-corrected chi connectivity index (χ4v) is 3.41. The van der Waals surface area contributed by atoms with E-state index in [1.807, 2.05) is 39.0 Å². The maximum absolute atomic E-state index is 12.8. The van der Waals surface area contributed by atoms with E-state index in [2.05, 4.69) is 15.5 Å². The molecule has 0 radical (unpaired) electrons. The Balaban J connectivity index is 1.82. The van der Waals surface area contributed by atoms with Crippen molar-refractivity contribution in [1.82, 2.24) is 10.1 Å². The highest BCUT2D eigenvalue weighted by molar-refractivity contribution is 5.94. The molecule has 0 spiro atoms. The van der Waals surface area contributed by atoms with Gasteiger partial charge in [0.15, 0.2) is 5.82 Å². The lowest BCUT2D eigenvalue weighted by molar-refractivity contribution is -0.122. The summed E-state index contributed by atoms with van der Waals surface area (Å²) in [6.45, 7) is 5.92. The van der Waals surface area contributed by atoms with Crippen LogP contribution in [0.2, 0.25) is 0 Å². The van der Waals surface area contributed by atoms with Crippen LogP contribution in [0, 0.1) is 12.8 Å². The van der Waals surface area contributed by atoms with E-state index < -0.39 is 5.54 Å². The lowest BCUT2D eigenvalue weighted by Gasteiger charge is -2.37. The number of nitrogens with two attached hydrogens (primary N) is 1. The van der Waals surface area contributed by atoms with E-state index >= 15 is 0 Å². The van der Waals surface area contributed by atoms with Crippen molar-refractivity contribution in [2.75, 3.05) is 5.32 Å². The van der Waals surface area contributed by atoms with E-state index in [4.69, 9.17) is 10.3 Å². The highest BCUT2D eigenvalue weighted by Crippen LogP contribution is 2.33. The maximum Gasteiger partial charge on any atom is 0.257 e. The van der Waals surface area contributed by atoms with Crippen molar-refractivity contribution in [3.05, 3.63) is 29.6 Å². The molecular formula is C19H26N4O2. The van der Waals surface area contributed by atoms with Crippen LogP contribution in [0.25, 0.3) is 11.5 Å². The van der Waals surface area contributed by atoms with Gasteiger partial charge in [-0.05, 0) is 44.4 Å². The molecule has 0 bridgehead atoms. The normalized spacial score (nSPS) is 23.4. The number of amides is 1. The average Bonchev–Trinajstić information content (AvgIpc) is 3.05. The Hall–Kier alpha value is -2.21. The van der Waals surface area contributed by atoms with Gasteiger partial charge in [-0.15, -0.1) is 0 Å². The Morgan fingerprint density at radius 2 is 2.24 bits per heavy atom. The minimum absolute atomic E-state index is 0.00951. The predicted octanol–water partition coefficient (Wildman–Crippen LogP) is 3.45. The van der Waals surface area contributed by atoms with Gasteiger partial charge in [0, 0.05) is 23.2 Å².